The average Bonchev–Trinajstić information content (AvgIpc) is 3.50. The molecule has 1 saturated heterocycles. The molecular formula is C27H25N3O3. The van der Waals surface area contributed by atoms with Crippen molar-refractivity contribution in [3.8, 4) is 28.7 Å². The van der Waals surface area contributed by atoms with Crippen molar-refractivity contribution >= 4 is 5.69 Å². The summed E-state index contributed by atoms with van der Waals surface area (Å²) >= 11 is 0. The van der Waals surface area contributed by atoms with Crippen molar-refractivity contribution in [2.75, 3.05) is 25.3 Å². The maximum absolute atomic E-state index is 10.1. The number of nitriles is 1. The minimum Gasteiger partial charge on any atom is -0.454 e. The molecule has 0 aromatic heterocycles. The number of anilines is 1. The molecule has 2 N–H and O–H groups in total. The van der Waals surface area contributed by atoms with Gasteiger partial charge in [0, 0.05) is 24.2 Å². The number of nitrogens with zero attached hydrogens (tertiary/aromatic N) is 2. The fraction of sp³-hybridized carbons (Fsp3) is 0.296. The van der Waals surface area contributed by atoms with Gasteiger partial charge in [0.2, 0.25) is 6.79 Å². The van der Waals surface area contributed by atoms with Crippen LogP contribution in [-0.4, -0.2) is 36.0 Å². The summed E-state index contributed by atoms with van der Waals surface area (Å²) in [6.07, 6.45) is 1.04. The van der Waals surface area contributed by atoms with E-state index in [1.807, 2.05) is 30.3 Å². The molecule has 0 aliphatic carbocycles. The van der Waals surface area contributed by atoms with Crippen LogP contribution in [0.15, 0.2) is 60.7 Å². The second kappa shape index (κ2) is 8.11. The summed E-state index contributed by atoms with van der Waals surface area (Å²) in [6, 6.07) is 22.9. The molecule has 3 aromatic rings. The number of aliphatic hydroxyl groups excluding tert-OH is 1. The van der Waals surface area contributed by atoms with E-state index in [0.717, 1.165) is 47.8 Å². The third kappa shape index (κ3) is 3.50. The van der Waals surface area contributed by atoms with Gasteiger partial charge >= 0.3 is 0 Å². The van der Waals surface area contributed by atoms with Crippen LogP contribution in [0.4, 0.5) is 5.69 Å². The van der Waals surface area contributed by atoms with Crippen molar-refractivity contribution in [3.63, 3.8) is 0 Å². The SMILES string of the molecule is N#Cc1ccc(-c2ccc3c(c2)[C@@H]2[C@@H](CCN2Cc2ccc4c(c2)OCO4)[C@@H](CO)N3)cc1. The van der Waals surface area contributed by atoms with Gasteiger partial charge in [-0.2, -0.15) is 5.26 Å². The number of hydrogen-bond acceptors (Lipinski definition) is 6. The van der Waals surface area contributed by atoms with Crippen LogP contribution in [0.5, 0.6) is 11.5 Å². The third-order valence-corrected chi connectivity index (χ3v) is 7.14. The lowest BCUT2D eigenvalue weighted by atomic mass is 9.82. The Labute approximate surface area is 193 Å². The van der Waals surface area contributed by atoms with Crippen LogP contribution >= 0.6 is 0 Å². The summed E-state index contributed by atoms with van der Waals surface area (Å²) < 4.78 is 11.0. The Morgan fingerprint density at radius 2 is 1.82 bits per heavy atom. The van der Waals surface area contributed by atoms with Crippen LogP contribution in [0.2, 0.25) is 0 Å². The highest BCUT2D eigenvalue weighted by Gasteiger charge is 2.43. The molecule has 0 amide bonds. The smallest absolute Gasteiger partial charge is 0.231 e. The highest BCUT2D eigenvalue weighted by Crippen LogP contribution is 2.48. The van der Waals surface area contributed by atoms with Crippen molar-refractivity contribution in [1.29, 1.82) is 5.26 Å². The van der Waals surface area contributed by atoms with Gasteiger partial charge in [-0.1, -0.05) is 24.3 Å². The molecule has 3 aromatic carbocycles. The Bertz CT molecular complexity index is 1230. The first-order valence-electron chi connectivity index (χ1n) is 11.4. The van der Waals surface area contributed by atoms with Crippen molar-refractivity contribution in [3.05, 3.63) is 77.4 Å². The van der Waals surface area contributed by atoms with E-state index in [1.54, 1.807) is 0 Å². The summed E-state index contributed by atoms with van der Waals surface area (Å²) in [5, 5.41) is 22.8. The number of nitrogens with one attached hydrogen (secondary N) is 1. The second-order valence-corrected chi connectivity index (χ2v) is 8.98. The van der Waals surface area contributed by atoms with Crippen molar-refractivity contribution in [2.45, 2.75) is 25.0 Å². The molecule has 3 atom stereocenters. The molecule has 166 valence electrons. The second-order valence-electron chi connectivity index (χ2n) is 8.98. The van der Waals surface area contributed by atoms with E-state index in [0.29, 0.717) is 11.5 Å². The van der Waals surface area contributed by atoms with Gasteiger partial charge in [0.1, 0.15) is 0 Å². The van der Waals surface area contributed by atoms with E-state index < -0.39 is 0 Å². The molecule has 3 aliphatic heterocycles. The molecule has 33 heavy (non-hydrogen) atoms. The van der Waals surface area contributed by atoms with Gasteiger partial charge in [0.15, 0.2) is 11.5 Å². The lowest BCUT2D eigenvalue weighted by Crippen LogP contribution is -2.41. The maximum Gasteiger partial charge on any atom is 0.231 e. The molecule has 0 spiro atoms. The van der Waals surface area contributed by atoms with Gasteiger partial charge < -0.3 is 19.9 Å². The van der Waals surface area contributed by atoms with E-state index in [2.05, 4.69) is 46.6 Å². The zero-order valence-corrected chi connectivity index (χ0v) is 18.2. The molecule has 0 saturated carbocycles. The quantitative estimate of drug-likeness (QED) is 0.631. The summed E-state index contributed by atoms with van der Waals surface area (Å²) in [7, 11) is 0. The molecular weight excluding hydrogens is 414 g/mol. The Kier molecular flexibility index (Phi) is 4.94. The summed E-state index contributed by atoms with van der Waals surface area (Å²) in [4.78, 5) is 2.52. The molecule has 0 bridgehead atoms. The molecule has 3 aliphatic rings. The van der Waals surface area contributed by atoms with Crippen LogP contribution in [0.3, 0.4) is 0 Å². The molecule has 6 nitrogen and oxygen atoms in total. The molecule has 6 heteroatoms. The molecule has 0 radical (unpaired) electrons. The number of likely N-dealkylation sites (tertiary alicyclic amines) is 1. The Morgan fingerprint density at radius 1 is 1.00 bits per heavy atom. The van der Waals surface area contributed by atoms with Crippen LogP contribution in [-0.2, 0) is 6.54 Å². The predicted octanol–water partition coefficient (Wildman–Crippen LogP) is 4.30. The van der Waals surface area contributed by atoms with Crippen molar-refractivity contribution in [2.24, 2.45) is 5.92 Å². The van der Waals surface area contributed by atoms with E-state index in [-0.39, 0.29) is 25.5 Å². The van der Waals surface area contributed by atoms with E-state index >= 15 is 0 Å². The Morgan fingerprint density at radius 3 is 2.64 bits per heavy atom. The summed E-state index contributed by atoms with van der Waals surface area (Å²) in [6.45, 7) is 2.19. The first-order chi connectivity index (χ1) is 16.2. The number of hydrogen-bond donors (Lipinski definition) is 2. The zero-order valence-electron chi connectivity index (χ0n) is 18.2. The van der Waals surface area contributed by atoms with E-state index in [9.17, 15) is 5.11 Å². The average molecular weight is 440 g/mol. The first kappa shape index (κ1) is 20.1. The minimum atomic E-state index is 0.0463. The standard InChI is InChI=1S/C27H25N3O3/c28-13-17-1-4-19(5-2-17)20-6-7-23-22(12-20)27-21(24(15-31)29-23)9-10-30(27)14-18-3-8-25-26(11-18)33-16-32-25/h1-8,11-12,21,24,27,29,31H,9-10,14-16H2/t21-,24+,27-/m0/s1. The van der Waals surface area contributed by atoms with E-state index in [1.165, 1.54) is 11.1 Å². The van der Waals surface area contributed by atoms with Gasteiger partial charge in [-0.25, -0.2) is 0 Å². The lowest BCUT2D eigenvalue weighted by Gasteiger charge is -2.39. The van der Waals surface area contributed by atoms with Gasteiger partial charge in [0.05, 0.1) is 24.3 Å². The normalized spacial score (nSPS) is 22.8. The van der Waals surface area contributed by atoms with Gasteiger partial charge in [-0.15, -0.1) is 0 Å². The Balaban J connectivity index is 1.35. The largest absolute Gasteiger partial charge is 0.454 e. The number of rotatable bonds is 4. The van der Waals surface area contributed by atoms with Crippen molar-refractivity contribution in [1.82, 2.24) is 4.90 Å². The van der Waals surface area contributed by atoms with Gasteiger partial charge in [-0.3, -0.25) is 4.90 Å². The fourth-order valence-electron chi connectivity index (χ4n) is 5.53. The maximum atomic E-state index is 10.1. The zero-order chi connectivity index (χ0) is 22.4. The highest BCUT2D eigenvalue weighted by molar-refractivity contribution is 5.70. The number of benzene rings is 3. The predicted molar refractivity (Wildman–Crippen MR) is 125 cm³/mol. The van der Waals surface area contributed by atoms with Crippen LogP contribution in [0.25, 0.3) is 11.1 Å². The topological polar surface area (TPSA) is 77.8 Å². The van der Waals surface area contributed by atoms with Crippen LogP contribution in [0, 0.1) is 17.2 Å². The summed E-state index contributed by atoms with van der Waals surface area (Å²) in [5.41, 5.74) is 6.45. The fourth-order valence-corrected chi connectivity index (χ4v) is 5.53. The highest BCUT2D eigenvalue weighted by atomic mass is 16.7. The molecule has 1 fully saturated rings. The van der Waals surface area contributed by atoms with Gasteiger partial charge in [-0.05, 0) is 71.6 Å². The molecule has 0 unspecified atom stereocenters. The lowest BCUT2D eigenvalue weighted by molar-refractivity contribution is 0.171. The van der Waals surface area contributed by atoms with Crippen LogP contribution < -0.4 is 14.8 Å². The van der Waals surface area contributed by atoms with Crippen LogP contribution in [0.1, 0.15) is 29.2 Å². The van der Waals surface area contributed by atoms with Gasteiger partial charge in [0.25, 0.3) is 0 Å². The first-order valence-corrected chi connectivity index (χ1v) is 11.4. The third-order valence-electron chi connectivity index (χ3n) is 7.14. The number of aliphatic hydroxyl groups is 1. The number of fused-ring (bicyclic) bond motifs is 4. The number of ether oxygens (including phenoxy) is 2. The Hall–Kier alpha value is -3.53. The summed E-state index contributed by atoms with van der Waals surface area (Å²) in [5.74, 6) is 1.95. The molecule has 6 rings (SSSR count). The van der Waals surface area contributed by atoms with E-state index in [4.69, 9.17) is 14.7 Å². The monoisotopic (exact) mass is 439 g/mol. The minimum absolute atomic E-state index is 0.0463. The molecule has 3 heterocycles. The van der Waals surface area contributed by atoms with Crippen molar-refractivity contribution < 1.29 is 14.6 Å².